The van der Waals surface area contributed by atoms with E-state index in [1.54, 1.807) is 27.8 Å². The molecule has 27 heavy (non-hydrogen) atoms. The number of hydrogen-bond acceptors (Lipinski definition) is 7. The van der Waals surface area contributed by atoms with Crippen LogP contribution in [0.1, 0.15) is 69.6 Å². The first-order chi connectivity index (χ1) is 12.3. The van der Waals surface area contributed by atoms with Gasteiger partial charge in [-0.05, 0) is 26.7 Å². The lowest BCUT2D eigenvalue weighted by molar-refractivity contribution is -0.147. The molecule has 152 valence electrons. The van der Waals surface area contributed by atoms with Crippen molar-refractivity contribution < 1.29 is 23.9 Å². The van der Waals surface area contributed by atoms with Gasteiger partial charge < -0.3 is 20.1 Å². The zero-order valence-electron chi connectivity index (χ0n) is 16.9. The first-order valence-electron chi connectivity index (χ1n) is 8.70. The van der Waals surface area contributed by atoms with Crippen molar-refractivity contribution in [2.75, 3.05) is 7.05 Å². The normalized spacial score (nSPS) is 13.8. The van der Waals surface area contributed by atoms with Crippen LogP contribution >= 0.6 is 11.3 Å². The molecular formula is C18H29N3O5S. The van der Waals surface area contributed by atoms with Gasteiger partial charge in [-0.15, -0.1) is 11.3 Å². The van der Waals surface area contributed by atoms with Gasteiger partial charge in [0, 0.05) is 31.8 Å². The Balaban J connectivity index is 3.07. The van der Waals surface area contributed by atoms with Crippen molar-refractivity contribution in [1.29, 1.82) is 0 Å². The fraction of sp³-hybridized carbons (Fsp3) is 0.667. The van der Waals surface area contributed by atoms with E-state index >= 15 is 0 Å². The highest BCUT2D eigenvalue weighted by atomic mass is 32.1. The highest BCUT2D eigenvalue weighted by molar-refractivity contribution is 7.09. The number of aromatic nitrogens is 1. The summed E-state index contributed by atoms with van der Waals surface area (Å²) in [5.74, 6) is -1.06. The maximum absolute atomic E-state index is 12.5. The van der Waals surface area contributed by atoms with E-state index in [0.717, 1.165) is 0 Å². The van der Waals surface area contributed by atoms with Crippen molar-refractivity contribution >= 4 is 29.3 Å². The van der Waals surface area contributed by atoms with Gasteiger partial charge in [0.25, 0.3) is 5.91 Å². The summed E-state index contributed by atoms with van der Waals surface area (Å²) in [4.78, 5) is 41.0. The van der Waals surface area contributed by atoms with E-state index in [2.05, 4.69) is 4.98 Å². The Hall–Kier alpha value is -2.16. The van der Waals surface area contributed by atoms with E-state index in [1.165, 1.54) is 28.5 Å². The molecule has 1 heterocycles. The summed E-state index contributed by atoms with van der Waals surface area (Å²) < 4.78 is 10.9. The van der Waals surface area contributed by atoms with Crippen molar-refractivity contribution in [2.45, 2.75) is 65.7 Å². The number of rotatable bonds is 7. The third-order valence-corrected chi connectivity index (χ3v) is 4.70. The molecule has 0 bridgehead atoms. The predicted molar refractivity (Wildman–Crippen MR) is 102 cm³/mol. The molecule has 1 rings (SSSR count). The van der Waals surface area contributed by atoms with Crippen molar-refractivity contribution in [2.24, 2.45) is 11.7 Å². The molecule has 0 saturated carbocycles. The Morgan fingerprint density at radius 1 is 1.30 bits per heavy atom. The minimum atomic E-state index is -0.696. The molecule has 8 nitrogen and oxygen atoms in total. The summed E-state index contributed by atoms with van der Waals surface area (Å²) in [5, 5.41) is 1.98. The Labute approximate surface area is 164 Å². The van der Waals surface area contributed by atoms with Crippen molar-refractivity contribution in [3.05, 3.63) is 16.1 Å². The van der Waals surface area contributed by atoms with Crippen LogP contribution in [-0.2, 0) is 14.3 Å². The molecular weight excluding hydrogens is 370 g/mol. The lowest BCUT2D eigenvalue weighted by Gasteiger charge is -2.34. The fourth-order valence-electron chi connectivity index (χ4n) is 2.51. The Bertz CT molecular complexity index is 681. The zero-order chi connectivity index (χ0) is 20.9. The van der Waals surface area contributed by atoms with Crippen LogP contribution in [0.4, 0.5) is 4.79 Å². The van der Waals surface area contributed by atoms with E-state index in [-0.39, 0.29) is 17.7 Å². The van der Waals surface area contributed by atoms with Crippen LogP contribution in [0.25, 0.3) is 0 Å². The number of nitrogens with two attached hydrogens (primary N) is 1. The number of amides is 2. The van der Waals surface area contributed by atoms with E-state index in [9.17, 15) is 14.4 Å². The fourth-order valence-corrected chi connectivity index (χ4v) is 3.36. The van der Waals surface area contributed by atoms with Crippen LogP contribution in [0.15, 0.2) is 5.38 Å². The molecule has 0 fully saturated rings. The summed E-state index contributed by atoms with van der Waals surface area (Å²) in [5.41, 5.74) is 4.75. The van der Waals surface area contributed by atoms with Crippen LogP contribution in [0.3, 0.4) is 0 Å². The summed E-state index contributed by atoms with van der Waals surface area (Å²) >= 11 is 1.19. The second-order valence-corrected chi connectivity index (χ2v) is 8.56. The topological polar surface area (TPSA) is 112 Å². The number of ether oxygens (including phenoxy) is 2. The molecule has 0 aliphatic heterocycles. The number of nitrogens with zero attached hydrogens (tertiary/aromatic N) is 2. The predicted octanol–water partition coefficient (Wildman–Crippen LogP) is 3.13. The van der Waals surface area contributed by atoms with Gasteiger partial charge >= 0.3 is 12.1 Å². The molecule has 0 aliphatic rings. The standard InChI is InChI=1S/C18H29N3O5S/c1-10(2)13(21(7)17(24)26-18(4,5)6)8-14(25-11(3)22)16-20-12(9-27-16)15(19)23/h9-10,13-14H,8H2,1-7H3,(H2,19,23)/t13-,14-/m1/s1. The van der Waals surface area contributed by atoms with Crippen molar-refractivity contribution in [3.63, 3.8) is 0 Å². The Kier molecular flexibility index (Phi) is 7.77. The smallest absolute Gasteiger partial charge is 0.410 e. The third-order valence-electron chi connectivity index (χ3n) is 3.76. The quantitative estimate of drug-likeness (QED) is 0.705. The minimum Gasteiger partial charge on any atom is -0.455 e. The first kappa shape index (κ1) is 22.9. The van der Waals surface area contributed by atoms with Gasteiger partial charge in [-0.3, -0.25) is 9.59 Å². The highest BCUT2D eigenvalue weighted by Gasteiger charge is 2.32. The highest BCUT2D eigenvalue weighted by Crippen LogP contribution is 2.30. The molecule has 0 saturated heterocycles. The van der Waals surface area contributed by atoms with Crippen LogP contribution in [0.2, 0.25) is 0 Å². The Morgan fingerprint density at radius 2 is 1.89 bits per heavy atom. The molecule has 0 unspecified atom stereocenters. The number of hydrogen-bond donors (Lipinski definition) is 1. The van der Waals surface area contributed by atoms with Crippen LogP contribution in [0, 0.1) is 5.92 Å². The average molecular weight is 400 g/mol. The number of primary amides is 1. The van der Waals surface area contributed by atoms with Gasteiger partial charge in [-0.25, -0.2) is 9.78 Å². The molecule has 2 amide bonds. The minimum absolute atomic E-state index is 0.0659. The molecule has 9 heteroatoms. The zero-order valence-corrected chi connectivity index (χ0v) is 17.8. The second-order valence-electron chi connectivity index (χ2n) is 7.67. The largest absolute Gasteiger partial charge is 0.455 e. The van der Waals surface area contributed by atoms with Crippen LogP contribution in [0.5, 0.6) is 0 Å². The second kappa shape index (κ2) is 9.16. The monoisotopic (exact) mass is 399 g/mol. The van der Waals surface area contributed by atoms with Gasteiger partial charge in [0.05, 0.1) is 0 Å². The van der Waals surface area contributed by atoms with Gasteiger partial charge in [-0.2, -0.15) is 0 Å². The van der Waals surface area contributed by atoms with E-state index < -0.39 is 29.7 Å². The molecule has 0 aromatic carbocycles. The van der Waals surface area contributed by atoms with Gasteiger partial charge in [0.2, 0.25) is 0 Å². The molecule has 0 radical (unpaired) electrons. The average Bonchev–Trinajstić information content (AvgIpc) is 2.98. The lowest BCUT2D eigenvalue weighted by Crippen LogP contribution is -2.44. The molecule has 1 aromatic rings. The summed E-state index contributed by atoms with van der Waals surface area (Å²) in [7, 11) is 1.65. The van der Waals surface area contributed by atoms with Gasteiger partial charge in [-0.1, -0.05) is 13.8 Å². The Morgan fingerprint density at radius 3 is 2.30 bits per heavy atom. The SMILES string of the molecule is CC(=O)O[C@H](C[C@H](C(C)C)N(C)C(=O)OC(C)(C)C)c1nc(C(N)=O)cs1. The molecule has 2 N–H and O–H groups in total. The van der Waals surface area contributed by atoms with Crippen molar-refractivity contribution in [3.8, 4) is 0 Å². The molecule has 2 atom stereocenters. The number of esters is 1. The van der Waals surface area contributed by atoms with E-state index in [1.807, 2.05) is 13.8 Å². The number of thiazole rings is 1. The van der Waals surface area contributed by atoms with Gasteiger partial charge in [0.15, 0.2) is 6.10 Å². The van der Waals surface area contributed by atoms with Crippen LogP contribution < -0.4 is 5.73 Å². The summed E-state index contributed by atoms with van der Waals surface area (Å²) in [6, 6.07) is -0.273. The molecule has 1 aromatic heterocycles. The van der Waals surface area contributed by atoms with E-state index in [4.69, 9.17) is 15.2 Å². The molecule has 0 aliphatic carbocycles. The molecule has 0 spiro atoms. The number of carbonyl (C=O) groups is 3. The van der Waals surface area contributed by atoms with E-state index in [0.29, 0.717) is 11.4 Å². The first-order valence-corrected chi connectivity index (χ1v) is 9.58. The maximum Gasteiger partial charge on any atom is 0.410 e. The summed E-state index contributed by atoms with van der Waals surface area (Å²) in [6.45, 7) is 10.6. The van der Waals surface area contributed by atoms with Crippen LogP contribution in [-0.4, -0.2) is 46.5 Å². The maximum atomic E-state index is 12.5. The third kappa shape index (κ3) is 7.16. The lowest BCUT2D eigenvalue weighted by atomic mass is 9.96. The number of carbonyl (C=O) groups excluding carboxylic acids is 3. The summed E-state index contributed by atoms with van der Waals surface area (Å²) in [6.07, 6.45) is -0.837. The van der Waals surface area contributed by atoms with Crippen molar-refractivity contribution in [1.82, 2.24) is 9.88 Å². The van der Waals surface area contributed by atoms with Gasteiger partial charge in [0.1, 0.15) is 16.3 Å².